The van der Waals surface area contributed by atoms with Crippen LogP contribution in [0.1, 0.15) is 44.1 Å². The van der Waals surface area contributed by atoms with Gasteiger partial charge in [-0.15, -0.1) is 0 Å². The first-order chi connectivity index (χ1) is 10.3. The first-order valence-corrected chi connectivity index (χ1v) is 8.25. The van der Waals surface area contributed by atoms with Gasteiger partial charge >= 0.3 is 5.97 Å². The molecule has 0 heterocycles. The SMILES string of the molecule is O=C(O)C1CCCCC1CNCCCCc1ccccc1. The second-order valence-corrected chi connectivity index (χ2v) is 6.14. The van der Waals surface area contributed by atoms with Gasteiger partial charge in [-0.2, -0.15) is 0 Å². The maximum Gasteiger partial charge on any atom is 0.306 e. The molecule has 1 aliphatic carbocycles. The second-order valence-electron chi connectivity index (χ2n) is 6.14. The van der Waals surface area contributed by atoms with E-state index in [4.69, 9.17) is 0 Å². The van der Waals surface area contributed by atoms with Crippen molar-refractivity contribution in [2.45, 2.75) is 44.9 Å². The Balaban J connectivity index is 1.57. The van der Waals surface area contributed by atoms with Gasteiger partial charge in [0.2, 0.25) is 0 Å². The van der Waals surface area contributed by atoms with E-state index in [2.05, 4.69) is 29.6 Å². The highest BCUT2D eigenvalue weighted by atomic mass is 16.4. The van der Waals surface area contributed by atoms with Gasteiger partial charge in [0.1, 0.15) is 0 Å². The number of benzene rings is 1. The standard InChI is InChI=1S/C18H27NO2/c20-18(21)17-12-5-4-11-16(17)14-19-13-7-6-10-15-8-2-1-3-9-15/h1-3,8-9,16-17,19H,4-7,10-14H2,(H,20,21). The number of nitrogens with one attached hydrogen (secondary N) is 1. The van der Waals surface area contributed by atoms with Crippen LogP contribution in [0.15, 0.2) is 30.3 Å². The molecule has 1 aromatic rings. The lowest BCUT2D eigenvalue weighted by molar-refractivity contribution is -0.144. The zero-order valence-electron chi connectivity index (χ0n) is 12.8. The summed E-state index contributed by atoms with van der Waals surface area (Å²) >= 11 is 0. The molecule has 0 spiro atoms. The van der Waals surface area contributed by atoms with Gasteiger partial charge in [0.25, 0.3) is 0 Å². The number of hydrogen-bond acceptors (Lipinski definition) is 2. The molecule has 2 N–H and O–H groups in total. The number of aryl methyl sites for hydroxylation is 1. The molecule has 0 aromatic heterocycles. The van der Waals surface area contributed by atoms with E-state index in [1.807, 2.05) is 6.07 Å². The molecular weight excluding hydrogens is 262 g/mol. The van der Waals surface area contributed by atoms with Gasteiger partial charge in [0.15, 0.2) is 0 Å². The molecule has 2 rings (SSSR count). The summed E-state index contributed by atoms with van der Waals surface area (Å²) in [7, 11) is 0. The average Bonchev–Trinajstić information content (AvgIpc) is 2.52. The Bertz CT molecular complexity index is 418. The number of unbranched alkanes of at least 4 members (excludes halogenated alkanes) is 1. The van der Waals surface area contributed by atoms with E-state index in [0.717, 1.165) is 45.2 Å². The van der Waals surface area contributed by atoms with E-state index in [1.165, 1.54) is 18.4 Å². The number of hydrogen-bond donors (Lipinski definition) is 2. The zero-order valence-corrected chi connectivity index (χ0v) is 12.8. The van der Waals surface area contributed by atoms with Crippen molar-refractivity contribution in [1.29, 1.82) is 0 Å². The van der Waals surface area contributed by atoms with Crippen LogP contribution in [0.2, 0.25) is 0 Å². The van der Waals surface area contributed by atoms with Crippen molar-refractivity contribution >= 4 is 5.97 Å². The lowest BCUT2D eigenvalue weighted by Gasteiger charge is -2.28. The molecule has 116 valence electrons. The molecular formula is C18H27NO2. The third-order valence-electron chi connectivity index (χ3n) is 4.54. The van der Waals surface area contributed by atoms with Crippen molar-refractivity contribution < 1.29 is 9.90 Å². The van der Waals surface area contributed by atoms with E-state index in [9.17, 15) is 9.90 Å². The summed E-state index contributed by atoms with van der Waals surface area (Å²) in [6.45, 7) is 1.86. The fourth-order valence-corrected chi connectivity index (χ4v) is 3.29. The molecule has 0 amide bonds. The van der Waals surface area contributed by atoms with Crippen LogP contribution in [0.4, 0.5) is 0 Å². The van der Waals surface area contributed by atoms with Crippen molar-refractivity contribution in [2.24, 2.45) is 11.8 Å². The minimum absolute atomic E-state index is 0.129. The molecule has 0 bridgehead atoms. The van der Waals surface area contributed by atoms with E-state index in [1.54, 1.807) is 0 Å². The molecule has 2 atom stereocenters. The van der Waals surface area contributed by atoms with Crippen molar-refractivity contribution in [2.75, 3.05) is 13.1 Å². The van der Waals surface area contributed by atoms with Crippen molar-refractivity contribution in [3.8, 4) is 0 Å². The molecule has 1 fully saturated rings. The van der Waals surface area contributed by atoms with Gasteiger partial charge < -0.3 is 10.4 Å². The van der Waals surface area contributed by atoms with Crippen LogP contribution in [-0.4, -0.2) is 24.2 Å². The number of carboxylic acids is 1. The number of carboxylic acid groups (broad SMARTS) is 1. The van der Waals surface area contributed by atoms with Crippen LogP contribution in [0.3, 0.4) is 0 Å². The Morgan fingerprint density at radius 1 is 1.14 bits per heavy atom. The topological polar surface area (TPSA) is 49.3 Å². The minimum atomic E-state index is -0.606. The third-order valence-corrected chi connectivity index (χ3v) is 4.54. The highest BCUT2D eigenvalue weighted by Crippen LogP contribution is 2.29. The van der Waals surface area contributed by atoms with Crippen molar-refractivity contribution in [1.82, 2.24) is 5.32 Å². The molecule has 1 aliphatic rings. The van der Waals surface area contributed by atoms with Crippen LogP contribution in [-0.2, 0) is 11.2 Å². The fourth-order valence-electron chi connectivity index (χ4n) is 3.29. The first kappa shape index (κ1) is 16.0. The Morgan fingerprint density at radius 2 is 1.90 bits per heavy atom. The smallest absolute Gasteiger partial charge is 0.306 e. The monoisotopic (exact) mass is 289 g/mol. The first-order valence-electron chi connectivity index (χ1n) is 8.25. The lowest BCUT2D eigenvalue weighted by Crippen LogP contribution is -2.35. The van der Waals surface area contributed by atoms with Crippen LogP contribution < -0.4 is 5.32 Å². The molecule has 0 aliphatic heterocycles. The van der Waals surface area contributed by atoms with Crippen molar-refractivity contribution in [3.63, 3.8) is 0 Å². The van der Waals surface area contributed by atoms with E-state index in [-0.39, 0.29) is 5.92 Å². The Kier molecular flexibility index (Phi) is 6.74. The van der Waals surface area contributed by atoms with Gasteiger partial charge in [0.05, 0.1) is 5.92 Å². The molecule has 3 heteroatoms. The summed E-state index contributed by atoms with van der Waals surface area (Å²) in [6.07, 6.45) is 7.64. The normalized spacial score (nSPS) is 22.1. The molecule has 2 unspecified atom stereocenters. The molecule has 0 saturated heterocycles. The maximum absolute atomic E-state index is 11.2. The number of carbonyl (C=O) groups is 1. The predicted molar refractivity (Wildman–Crippen MR) is 85.3 cm³/mol. The van der Waals surface area contributed by atoms with Crippen molar-refractivity contribution in [3.05, 3.63) is 35.9 Å². The summed E-state index contributed by atoms with van der Waals surface area (Å²) in [5, 5.41) is 12.7. The van der Waals surface area contributed by atoms with Crippen LogP contribution in [0.25, 0.3) is 0 Å². The summed E-state index contributed by atoms with van der Waals surface area (Å²) in [6, 6.07) is 10.6. The Labute approximate surface area is 127 Å². The van der Waals surface area contributed by atoms with Gasteiger partial charge in [-0.05, 0) is 56.7 Å². The minimum Gasteiger partial charge on any atom is -0.481 e. The fraction of sp³-hybridized carbons (Fsp3) is 0.611. The summed E-state index contributed by atoms with van der Waals surface area (Å²) < 4.78 is 0. The lowest BCUT2D eigenvalue weighted by atomic mass is 9.79. The van der Waals surface area contributed by atoms with Gasteiger partial charge in [-0.25, -0.2) is 0 Å². The molecule has 1 aromatic carbocycles. The zero-order chi connectivity index (χ0) is 14.9. The van der Waals surface area contributed by atoms with E-state index < -0.39 is 5.97 Å². The highest BCUT2D eigenvalue weighted by molar-refractivity contribution is 5.70. The second kappa shape index (κ2) is 8.83. The van der Waals surface area contributed by atoms with Gasteiger partial charge in [0, 0.05) is 0 Å². The average molecular weight is 289 g/mol. The maximum atomic E-state index is 11.2. The third kappa shape index (κ3) is 5.50. The van der Waals surface area contributed by atoms with E-state index in [0.29, 0.717) is 5.92 Å². The van der Waals surface area contributed by atoms with Crippen LogP contribution in [0, 0.1) is 11.8 Å². The quantitative estimate of drug-likeness (QED) is 0.720. The molecule has 3 nitrogen and oxygen atoms in total. The predicted octanol–water partition coefficient (Wildman–Crippen LogP) is 3.49. The summed E-state index contributed by atoms with van der Waals surface area (Å²) in [5.41, 5.74) is 1.40. The van der Waals surface area contributed by atoms with Gasteiger partial charge in [-0.3, -0.25) is 4.79 Å². The Morgan fingerprint density at radius 3 is 2.67 bits per heavy atom. The number of aliphatic carboxylic acids is 1. The molecule has 0 radical (unpaired) electrons. The molecule has 1 saturated carbocycles. The van der Waals surface area contributed by atoms with Crippen LogP contribution in [0.5, 0.6) is 0 Å². The largest absolute Gasteiger partial charge is 0.481 e. The summed E-state index contributed by atoms with van der Waals surface area (Å²) in [5.74, 6) is -0.411. The highest BCUT2D eigenvalue weighted by Gasteiger charge is 2.30. The van der Waals surface area contributed by atoms with Gasteiger partial charge in [-0.1, -0.05) is 43.2 Å². The summed E-state index contributed by atoms with van der Waals surface area (Å²) in [4.78, 5) is 11.2. The Hall–Kier alpha value is -1.35. The van der Waals surface area contributed by atoms with Crippen LogP contribution >= 0.6 is 0 Å². The number of rotatable bonds is 8. The van der Waals surface area contributed by atoms with E-state index >= 15 is 0 Å². The molecule has 21 heavy (non-hydrogen) atoms.